The Balaban J connectivity index is 1.60. The van der Waals surface area contributed by atoms with Crippen molar-refractivity contribution in [3.8, 4) is 0 Å². The van der Waals surface area contributed by atoms with Gasteiger partial charge in [0.2, 0.25) is 0 Å². The molecule has 0 fully saturated rings. The van der Waals surface area contributed by atoms with Gasteiger partial charge in [0.25, 0.3) is 26.0 Å². The second kappa shape index (κ2) is 10.2. The lowest BCUT2D eigenvalue weighted by Crippen LogP contribution is -2.18. The number of benzene rings is 4. The van der Waals surface area contributed by atoms with Gasteiger partial charge < -0.3 is 14.8 Å². The molecule has 1 amide bonds. The van der Waals surface area contributed by atoms with Crippen LogP contribution in [0.2, 0.25) is 0 Å². The van der Waals surface area contributed by atoms with Gasteiger partial charge in [-0.05, 0) is 60.7 Å². The van der Waals surface area contributed by atoms with E-state index in [1.54, 1.807) is 0 Å². The molecule has 0 radical (unpaired) electrons. The predicted molar refractivity (Wildman–Crippen MR) is 149 cm³/mol. The number of anilines is 3. The van der Waals surface area contributed by atoms with Gasteiger partial charge in [-0.1, -0.05) is 12.1 Å². The maximum absolute atomic E-state index is 13.6. The van der Waals surface area contributed by atoms with E-state index in [1.807, 2.05) is 0 Å². The molecule has 12 nitrogen and oxygen atoms in total. The van der Waals surface area contributed by atoms with Gasteiger partial charge in [-0.2, -0.15) is 0 Å². The fraction of sp³-hybridized carbons (Fsp3) is 0.0741. The Morgan fingerprint density at radius 2 is 1.20 bits per heavy atom. The summed E-state index contributed by atoms with van der Waals surface area (Å²) in [5.41, 5.74) is 0.607. The van der Waals surface area contributed by atoms with Crippen LogP contribution < -0.4 is 14.8 Å². The summed E-state index contributed by atoms with van der Waals surface area (Å²) >= 11 is 0. The van der Waals surface area contributed by atoms with Crippen LogP contribution in [0.3, 0.4) is 0 Å². The van der Waals surface area contributed by atoms with Crippen LogP contribution in [0.1, 0.15) is 31.1 Å². The molecule has 14 heteroatoms. The molecule has 41 heavy (non-hydrogen) atoms. The monoisotopic (exact) mass is 595 g/mol. The summed E-state index contributed by atoms with van der Waals surface area (Å²) < 4.78 is 68.4. The molecular formula is C27H21N3O9S2. The molecule has 1 aliphatic rings. The molecule has 0 unspecified atom stereocenters. The molecule has 0 aliphatic carbocycles. The van der Waals surface area contributed by atoms with Gasteiger partial charge in [-0.25, -0.2) is 26.4 Å². The maximum Gasteiger partial charge on any atom is 0.337 e. The Hall–Kier alpha value is -4.95. The van der Waals surface area contributed by atoms with Gasteiger partial charge in [-0.15, -0.1) is 0 Å². The van der Waals surface area contributed by atoms with Gasteiger partial charge in [0.15, 0.2) is 0 Å². The van der Waals surface area contributed by atoms with Crippen molar-refractivity contribution in [3.05, 3.63) is 89.5 Å². The Morgan fingerprint density at radius 3 is 1.68 bits per heavy atom. The summed E-state index contributed by atoms with van der Waals surface area (Å²) in [5, 5.41) is 2.78. The van der Waals surface area contributed by atoms with Crippen LogP contribution in [0, 0.1) is 0 Å². The van der Waals surface area contributed by atoms with Crippen LogP contribution >= 0.6 is 0 Å². The zero-order valence-corrected chi connectivity index (χ0v) is 23.1. The number of ether oxygens (including phenoxy) is 2. The molecule has 0 aromatic heterocycles. The largest absolute Gasteiger partial charge is 0.465 e. The lowest BCUT2D eigenvalue weighted by molar-refractivity contribution is 0.0592. The highest BCUT2D eigenvalue weighted by atomic mass is 32.2. The minimum Gasteiger partial charge on any atom is -0.465 e. The molecule has 5 rings (SSSR count). The molecule has 0 bridgehead atoms. The normalized spacial score (nSPS) is 12.5. The van der Waals surface area contributed by atoms with E-state index >= 15 is 0 Å². The van der Waals surface area contributed by atoms with Crippen LogP contribution in [0.5, 0.6) is 0 Å². The fourth-order valence-electron chi connectivity index (χ4n) is 4.35. The third kappa shape index (κ3) is 5.05. The molecule has 0 atom stereocenters. The van der Waals surface area contributed by atoms with Gasteiger partial charge in [-0.3, -0.25) is 14.2 Å². The number of hydrogen-bond acceptors (Lipinski definition) is 9. The minimum atomic E-state index is -4.47. The first kappa shape index (κ1) is 27.6. The summed E-state index contributed by atoms with van der Waals surface area (Å²) in [7, 11) is -6.47. The zero-order valence-electron chi connectivity index (χ0n) is 21.4. The van der Waals surface area contributed by atoms with E-state index in [0.717, 1.165) is 6.07 Å². The number of esters is 2. The van der Waals surface area contributed by atoms with Crippen molar-refractivity contribution >= 4 is 65.7 Å². The van der Waals surface area contributed by atoms with Crippen molar-refractivity contribution in [2.45, 2.75) is 9.79 Å². The van der Waals surface area contributed by atoms with E-state index in [9.17, 15) is 31.2 Å². The SMILES string of the molecule is COC(=O)c1ccc(NS(=O)(=O)c2cc(S(=O)(=O)Nc3ccc(C(=O)OC)cc3)c3cccc4c3c2NC4=O)cc1. The predicted octanol–water partition coefficient (Wildman–Crippen LogP) is 3.58. The van der Waals surface area contributed by atoms with Crippen molar-refractivity contribution in [1.82, 2.24) is 0 Å². The number of amides is 1. The average molecular weight is 596 g/mol. The molecule has 4 aromatic carbocycles. The van der Waals surface area contributed by atoms with E-state index < -0.39 is 47.7 Å². The average Bonchev–Trinajstić information content (AvgIpc) is 3.29. The third-order valence-corrected chi connectivity index (χ3v) is 9.09. The first-order valence-electron chi connectivity index (χ1n) is 11.8. The molecule has 1 aliphatic heterocycles. The van der Waals surface area contributed by atoms with Crippen LogP contribution in [-0.4, -0.2) is 48.9 Å². The van der Waals surface area contributed by atoms with Gasteiger partial charge in [0.1, 0.15) is 4.90 Å². The molecule has 4 aromatic rings. The highest BCUT2D eigenvalue weighted by Crippen LogP contribution is 2.42. The molecule has 3 N–H and O–H groups in total. The Kier molecular flexibility index (Phi) is 6.88. The van der Waals surface area contributed by atoms with Gasteiger partial charge in [0.05, 0.1) is 35.9 Å². The summed E-state index contributed by atoms with van der Waals surface area (Å²) in [4.78, 5) is 35.3. The number of hydrogen-bond donors (Lipinski definition) is 3. The molecular weight excluding hydrogens is 574 g/mol. The number of nitrogens with one attached hydrogen (secondary N) is 3. The maximum atomic E-state index is 13.6. The number of carbonyl (C=O) groups excluding carboxylic acids is 3. The summed E-state index contributed by atoms with van der Waals surface area (Å²) in [5.74, 6) is -1.81. The smallest absolute Gasteiger partial charge is 0.337 e. The highest BCUT2D eigenvalue weighted by molar-refractivity contribution is 7.93. The van der Waals surface area contributed by atoms with E-state index in [0.29, 0.717) is 0 Å². The first-order valence-corrected chi connectivity index (χ1v) is 14.8. The second-order valence-corrected chi connectivity index (χ2v) is 12.1. The summed E-state index contributed by atoms with van der Waals surface area (Å²) in [6, 6.07) is 16.2. The lowest BCUT2D eigenvalue weighted by atomic mass is 10.1. The van der Waals surface area contributed by atoms with Crippen molar-refractivity contribution in [2.75, 3.05) is 29.0 Å². The Labute approximate surface area is 234 Å². The molecule has 0 spiro atoms. The van der Waals surface area contributed by atoms with E-state index in [-0.39, 0.29) is 44.5 Å². The van der Waals surface area contributed by atoms with Gasteiger partial charge in [0, 0.05) is 27.7 Å². The van der Waals surface area contributed by atoms with Gasteiger partial charge >= 0.3 is 11.9 Å². The van der Waals surface area contributed by atoms with Crippen molar-refractivity contribution in [2.24, 2.45) is 0 Å². The summed E-state index contributed by atoms with van der Waals surface area (Å²) in [6.45, 7) is 0. The number of methoxy groups -OCH3 is 2. The topological polar surface area (TPSA) is 174 Å². The summed E-state index contributed by atoms with van der Waals surface area (Å²) in [6.07, 6.45) is 0. The molecule has 1 heterocycles. The Bertz CT molecular complexity index is 1950. The molecule has 210 valence electrons. The quantitative estimate of drug-likeness (QED) is 0.257. The van der Waals surface area contributed by atoms with Crippen LogP contribution in [0.4, 0.5) is 17.1 Å². The standard InChI is InChI=1S/C27H21N3O9S2/c1-38-26(32)15-6-10-17(11-7-15)29-40(34,35)21-14-22(24-23-19(21)4-3-5-20(23)25(31)28-24)41(36,37)30-18-12-8-16(9-13-18)27(33)39-2/h3-14,29-30H,1-2H3,(H,28,31). The number of rotatable bonds is 8. The number of sulfonamides is 2. The number of carbonyl (C=O) groups is 3. The van der Waals surface area contributed by atoms with Crippen molar-refractivity contribution in [3.63, 3.8) is 0 Å². The van der Waals surface area contributed by atoms with Crippen LogP contribution in [0.25, 0.3) is 10.8 Å². The minimum absolute atomic E-state index is 0.0688. The highest BCUT2D eigenvalue weighted by Gasteiger charge is 2.33. The second-order valence-electron chi connectivity index (χ2n) is 8.78. The van der Waals surface area contributed by atoms with E-state index in [2.05, 4.69) is 24.2 Å². The Morgan fingerprint density at radius 1 is 0.707 bits per heavy atom. The fourth-order valence-corrected chi connectivity index (χ4v) is 6.97. The van der Waals surface area contributed by atoms with Crippen LogP contribution in [0.15, 0.2) is 82.6 Å². The van der Waals surface area contributed by atoms with E-state index in [4.69, 9.17) is 0 Å². The van der Waals surface area contributed by atoms with Crippen LogP contribution in [-0.2, 0) is 29.5 Å². The first-order chi connectivity index (χ1) is 19.4. The van der Waals surface area contributed by atoms with Crippen molar-refractivity contribution < 1.29 is 40.7 Å². The van der Waals surface area contributed by atoms with Crippen molar-refractivity contribution in [1.29, 1.82) is 0 Å². The zero-order chi connectivity index (χ0) is 29.5. The molecule has 0 saturated heterocycles. The third-order valence-electron chi connectivity index (χ3n) is 6.27. The van der Waals surface area contributed by atoms with E-state index in [1.165, 1.54) is 80.9 Å². The molecule has 0 saturated carbocycles. The lowest BCUT2D eigenvalue weighted by Gasteiger charge is -2.16.